The maximum absolute atomic E-state index is 5.55. The minimum atomic E-state index is -0.427. The molecule has 1 fully saturated rings. The molecule has 0 amide bonds. The van der Waals surface area contributed by atoms with Gasteiger partial charge >= 0.3 is 0 Å². The smallest absolute Gasteiger partial charge is 0.163 e. The van der Waals surface area contributed by atoms with E-state index in [0.717, 1.165) is 5.57 Å². The van der Waals surface area contributed by atoms with Crippen LogP contribution in [0.2, 0.25) is 0 Å². The molecule has 0 N–H and O–H groups in total. The van der Waals surface area contributed by atoms with Crippen LogP contribution in [0.1, 0.15) is 20.8 Å². The Bertz CT molecular complexity index is 204. The number of hydrogen-bond donors (Lipinski definition) is 0. The van der Waals surface area contributed by atoms with Crippen LogP contribution in [-0.2, 0) is 9.47 Å². The highest BCUT2D eigenvalue weighted by molar-refractivity contribution is 5.13. The second-order valence-corrected chi connectivity index (χ2v) is 3.57. The van der Waals surface area contributed by atoms with Crippen LogP contribution in [0.3, 0.4) is 0 Å². The van der Waals surface area contributed by atoms with E-state index in [2.05, 4.69) is 6.58 Å². The molecule has 1 aliphatic heterocycles. The van der Waals surface area contributed by atoms with Crippen molar-refractivity contribution in [3.8, 4) is 0 Å². The molecule has 0 aromatic heterocycles. The first-order valence-electron chi connectivity index (χ1n) is 4.15. The topological polar surface area (TPSA) is 18.5 Å². The third kappa shape index (κ3) is 2.80. The molecular formula is C10H16O2. The van der Waals surface area contributed by atoms with E-state index in [0.29, 0.717) is 6.61 Å². The monoisotopic (exact) mass is 168 g/mol. The summed E-state index contributed by atoms with van der Waals surface area (Å²) in [6, 6.07) is 0. The molecule has 0 aliphatic carbocycles. The highest BCUT2D eigenvalue weighted by Crippen LogP contribution is 2.22. The fourth-order valence-electron chi connectivity index (χ4n) is 1.08. The Morgan fingerprint density at radius 1 is 1.58 bits per heavy atom. The zero-order chi connectivity index (χ0) is 9.19. The SMILES string of the molecule is C=C(C)/C=C/[C@H]1COC(C)(C)O1. The summed E-state index contributed by atoms with van der Waals surface area (Å²) in [5, 5.41) is 0. The van der Waals surface area contributed by atoms with Crippen molar-refractivity contribution in [3.05, 3.63) is 24.3 Å². The van der Waals surface area contributed by atoms with E-state index in [1.54, 1.807) is 0 Å². The van der Waals surface area contributed by atoms with Gasteiger partial charge in [0.25, 0.3) is 0 Å². The molecule has 1 rings (SSSR count). The van der Waals surface area contributed by atoms with Crippen LogP contribution in [0.25, 0.3) is 0 Å². The lowest BCUT2D eigenvalue weighted by atomic mass is 10.2. The predicted molar refractivity (Wildman–Crippen MR) is 48.9 cm³/mol. The Balaban J connectivity index is 2.43. The van der Waals surface area contributed by atoms with Gasteiger partial charge in [-0.15, -0.1) is 0 Å². The molecule has 0 aromatic carbocycles. The second kappa shape index (κ2) is 3.42. The first kappa shape index (κ1) is 9.49. The zero-order valence-electron chi connectivity index (χ0n) is 7.96. The third-order valence-electron chi connectivity index (χ3n) is 1.63. The third-order valence-corrected chi connectivity index (χ3v) is 1.63. The Morgan fingerprint density at radius 3 is 2.67 bits per heavy atom. The van der Waals surface area contributed by atoms with Crippen LogP contribution in [0.5, 0.6) is 0 Å². The maximum Gasteiger partial charge on any atom is 0.163 e. The Kier molecular flexibility index (Phi) is 2.70. The van der Waals surface area contributed by atoms with Gasteiger partial charge < -0.3 is 9.47 Å². The first-order chi connectivity index (χ1) is 5.49. The second-order valence-electron chi connectivity index (χ2n) is 3.57. The molecule has 0 spiro atoms. The van der Waals surface area contributed by atoms with Gasteiger partial charge in [0.05, 0.1) is 6.61 Å². The molecule has 0 bridgehead atoms. The van der Waals surface area contributed by atoms with Crippen LogP contribution in [0.4, 0.5) is 0 Å². The number of hydrogen-bond acceptors (Lipinski definition) is 2. The minimum Gasteiger partial charge on any atom is -0.347 e. The van der Waals surface area contributed by atoms with E-state index in [4.69, 9.17) is 9.47 Å². The van der Waals surface area contributed by atoms with Gasteiger partial charge in [0.1, 0.15) is 6.10 Å². The zero-order valence-corrected chi connectivity index (χ0v) is 7.96. The lowest BCUT2D eigenvalue weighted by molar-refractivity contribution is -0.133. The van der Waals surface area contributed by atoms with Crippen LogP contribution >= 0.6 is 0 Å². The molecule has 2 heteroatoms. The van der Waals surface area contributed by atoms with Crippen molar-refractivity contribution in [2.24, 2.45) is 0 Å². The highest BCUT2D eigenvalue weighted by Gasteiger charge is 2.30. The van der Waals surface area contributed by atoms with E-state index in [9.17, 15) is 0 Å². The Morgan fingerprint density at radius 2 is 2.25 bits per heavy atom. The van der Waals surface area contributed by atoms with Crippen LogP contribution in [0, 0.1) is 0 Å². The van der Waals surface area contributed by atoms with E-state index in [-0.39, 0.29) is 6.10 Å². The molecule has 0 saturated carbocycles. The molecule has 0 unspecified atom stereocenters. The normalized spacial score (nSPS) is 28.1. The molecule has 1 heterocycles. The van der Waals surface area contributed by atoms with Crippen LogP contribution in [0.15, 0.2) is 24.3 Å². The first-order valence-corrected chi connectivity index (χ1v) is 4.15. The van der Waals surface area contributed by atoms with Crippen molar-refractivity contribution >= 4 is 0 Å². The molecule has 2 nitrogen and oxygen atoms in total. The molecule has 1 aliphatic rings. The average molecular weight is 168 g/mol. The standard InChI is InChI=1S/C10H16O2/c1-8(2)5-6-9-7-11-10(3,4)12-9/h5-6,9H,1,7H2,2-4H3/b6-5+/t9-/m0/s1. The van der Waals surface area contributed by atoms with Gasteiger partial charge in [0.2, 0.25) is 0 Å². The molecule has 1 saturated heterocycles. The summed E-state index contributed by atoms with van der Waals surface area (Å²) in [6.07, 6.45) is 4.02. The summed E-state index contributed by atoms with van der Waals surface area (Å²) < 4.78 is 10.9. The lowest BCUT2D eigenvalue weighted by Crippen LogP contribution is -2.20. The predicted octanol–water partition coefficient (Wildman–Crippen LogP) is 2.27. The number of ether oxygens (including phenoxy) is 2. The summed E-state index contributed by atoms with van der Waals surface area (Å²) in [5.74, 6) is -0.427. The molecule has 12 heavy (non-hydrogen) atoms. The summed E-state index contributed by atoms with van der Waals surface area (Å²) in [4.78, 5) is 0. The highest BCUT2D eigenvalue weighted by atomic mass is 16.7. The minimum absolute atomic E-state index is 0.0803. The largest absolute Gasteiger partial charge is 0.347 e. The van der Waals surface area contributed by atoms with Gasteiger partial charge in [-0.3, -0.25) is 0 Å². The van der Waals surface area contributed by atoms with Gasteiger partial charge in [-0.25, -0.2) is 0 Å². The number of rotatable bonds is 2. The summed E-state index contributed by atoms with van der Waals surface area (Å²) >= 11 is 0. The maximum atomic E-state index is 5.55. The van der Waals surface area contributed by atoms with Gasteiger partial charge in [0.15, 0.2) is 5.79 Å². The van der Waals surface area contributed by atoms with E-state index in [1.165, 1.54) is 0 Å². The summed E-state index contributed by atoms with van der Waals surface area (Å²) in [7, 11) is 0. The van der Waals surface area contributed by atoms with Crippen molar-refractivity contribution < 1.29 is 9.47 Å². The van der Waals surface area contributed by atoms with Gasteiger partial charge in [-0.1, -0.05) is 24.3 Å². The summed E-state index contributed by atoms with van der Waals surface area (Å²) in [6.45, 7) is 10.2. The van der Waals surface area contributed by atoms with Crippen LogP contribution < -0.4 is 0 Å². The van der Waals surface area contributed by atoms with Gasteiger partial charge in [-0.05, 0) is 20.8 Å². The van der Waals surface area contributed by atoms with Crippen molar-refractivity contribution in [1.29, 1.82) is 0 Å². The van der Waals surface area contributed by atoms with E-state index < -0.39 is 5.79 Å². The average Bonchev–Trinajstić information content (AvgIpc) is 2.26. The lowest BCUT2D eigenvalue weighted by Gasteiger charge is -2.15. The van der Waals surface area contributed by atoms with Crippen LogP contribution in [-0.4, -0.2) is 18.5 Å². The van der Waals surface area contributed by atoms with Crippen molar-refractivity contribution in [3.63, 3.8) is 0 Å². The molecule has 1 atom stereocenters. The van der Waals surface area contributed by atoms with Crippen molar-refractivity contribution in [2.45, 2.75) is 32.7 Å². The van der Waals surface area contributed by atoms with Crippen molar-refractivity contribution in [1.82, 2.24) is 0 Å². The molecular weight excluding hydrogens is 152 g/mol. The fraction of sp³-hybridized carbons (Fsp3) is 0.600. The van der Waals surface area contributed by atoms with Crippen molar-refractivity contribution in [2.75, 3.05) is 6.61 Å². The van der Waals surface area contributed by atoms with Gasteiger partial charge in [-0.2, -0.15) is 0 Å². The van der Waals surface area contributed by atoms with E-state index in [1.807, 2.05) is 32.9 Å². The molecule has 68 valence electrons. The molecule has 0 aromatic rings. The molecule has 0 radical (unpaired) electrons. The Hall–Kier alpha value is -0.600. The number of allylic oxidation sites excluding steroid dienone is 2. The quantitative estimate of drug-likeness (QED) is 0.589. The summed E-state index contributed by atoms with van der Waals surface area (Å²) in [5.41, 5.74) is 1.03. The van der Waals surface area contributed by atoms with Gasteiger partial charge in [0, 0.05) is 0 Å². The fourth-order valence-corrected chi connectivity index (χ4v) is 1.08. The van der Waals surface area contributed by atoms with E-state index >= 15 is 0 Å². The Labute approximate surface area is 73.9 Å².